The minimum Gasteiger partial charge on any atom is -0.530 e. The zero-order valence-electron chi connectivity index (χ0n) is 14.9. The molecule has 0 fully saturated rings. The van der Waals surface area contributed by atoms with Gasteiger partial charge < -0.3 is 24.7 Å². The van der Waals surface area contributed by atoms with Crippen LogP contribution in [-0.4, -0.2) is 17.2 Å². The summed E-state index contributed by atoms with van der Waals surface area (Å²) in [6.45, 7) is 0.0553. The van der Waals surface area contributed by atoms with Crippen molar-refractivity contribution >= 4 is 23.7 Å². The molecule has 0 saturated heterocycles. The average Bonchev–Trinajstić information content (AvgIpc) is 2.69. The third-order valence-corrected chi connectivity index (χ3v) is 3.59. The second-order valence-corrected chi connectivity index (χ2v) is 5.72. The molecule has 0 atom stereocenters. The van der Waals surface area contributed by atoms with Crippen molar-refractivity contribution in [2.75, 3.05) is 10.6 Å². The van der Waals surface area contributed by atoms with Crippen LogP contribution in [-0.2, 0) is 11.3 Å². The molecule has 0 saturated carbocycles. The molecule has 0 unspecified atom stereocenters. The predicted molar refractivity (Wildman–Crippen MR) is 100.0 cm³/mol. The predicted octanol–water partition coefficient (Wildman–Crippen LogP) is 3.52. The van der Waals surface area contributed by atoms with Crippen LogP contribution in [0.1, 0.15) is 5.56 Å². The van der Waals surface area contributed by atoms with Crippen LogP contribution < -0.4 is 20.5 Å². The Morgan fingerprint density at radius 3 is 2.48 bits per heavy atom. The van der Waals surface area contributed by atoms with Crippen LogP contribution in [0.25, 0.3) is 0 Å². The summed E-state index contributed by atoms with van der Waals surface area (Å²) >= 11 is 0. The molecule has 9 heteroatoms. The Kier molecular flexibility index (Phi) is 6.21. The van der Waals surface area contributed by atoms with E-state index in [-0.39, 0.29) is 29.6 Å². The first-order valence-electron chi connectivity index (χ1n) is 8.39. The van der Waals surface area contributed by atoms with Crippen molar-refractivity contribution < 1.29 is 28.6 Å². The van der Waals surface area contributed by atoms with Crippen molar-refractivity contribution in [1.29, 1.82) is 0 Å². The van der Waals surface area contributed by atoms with Gasteiger partial charge in [-0.25, -0.2) is 14.2 Å². The molecule has 0 aliphatic heterocycles. The van der Waals surface area contributed by atoms with Crippen LogP contribution in [0.3, 0.4) is 0 Å². The second-order valence-electron chi connectivity index (χ2n) is 5.72. The van der Waals surface area contributed by atoms with Gasteiger partial charge in [-0.2, -0.15) is 0 Å². The van der Waals surface area contributed by atoms with Crippen LogP contribution in [0.2, 0.25) is 0 Å². The summed E-state index contributed by atoms with van der Waals surface area (Å²) in [5.41, 5.74) is 0.723. The molecule has 2 aromatic carbocycles. The zero-order valence-corrected chi connectivity index (χ0v) is 14.9. The van der Waals surface area contributed by atoms with Crippen molar-refractivity contribution in [2.24, 2.45) is 0 Å². The minimum absolute atomic E-state index is 0.00224. The number of pyridine rings is 1. The van der Waals surface area contributed by atoms with Gasteiger partial charge in [-0.15, -0.1) is 0 Å². The standard InChI is InChI=1S/C20H16FN3O5/c21-16-10-14(29-15-8-9-22-18(11-15)24-19(25)26)6-7-17(16)23-20(27)28-12-13-4-2-1-3-5-13/h1-11H,12H2,(H,22,24)(H,23,27)(H,25,26)/p-1. The maximum atomic E-state index is 14.3. The number of ether oxygens (including phenoxy) is 2. The molecule has 3 rings (SSSR count). The van der Waals surface area contributed by atoms with Crippen LogP contribution in [0.4, 0.5) is 25.5 Å². The molecule has 0 aliphatic rings. The largest absolute Gasteiger partial charge is 0.530 e. The number of carbonyl (C=O) groups excluding carboxylic acids is 2. The zero-order chi connectivity index (χ0) is 20.6. The number of nitrogens with one attached hydrogen (secondary N) is 2. The van der Waals surface area contributed by atoms with Gasteiger partial charge in [0, 0.05) is 18.3 Å². The van der Waals surface area contributed by atoms with Crippen LogP contribution in [0.5, 0.6) is 11.5 Å². The summed E-state index contributed by atoms with van der Waals surface area (Å²) < 4.78 is 24.8. The fourth-order valence-corrected chi connectivity index (χ4v) is 2.31. The van der Waals surface area contributed by atoms with E-state index in [1.54, 1.807) is 12.1 Å². The molecule has 148 valence electrons. The normalized spacial score (nSPS) is 10.1. The van der Waals surface area contributed by atoms with E-state index in [1.807, 2.05) is 23.5 Å². The number of amides is 2. The summed E-state index contributed by atoms with van der Waals surface area (Å²) in [5, 5.41) is 14.8. The van der Waals surface area contributed by atoms with Crippen LogP contribution in [0, 0.1) is 5.82 Å². The van der Waals surface area contributed by atoms with E-state index in [0.29, 0.717) is 0 Å². The molecule has 0 bridgehead atoms. The summed E-state index contributed by atoms with van der Waals surface area (Å²) in [4.78, 5) is 26.2. The first kappa shape index (κ1) is 19.6. The number of nitrogens with zero attached hydrogens (tertiary/aromatic N) is 1. The molecule has 0 aliphatic carbocycles. The van der Waals surface area contributed by atoms with E-state index in [4.69, 9.17) is 9.47 Å². The fraction of sp³-hybridized carbons (Fsp3) is 0.0500. The SMILES string of the molecule is O=C([O-])Nc1cc(Oc2ccc(NC(=O)OCc3ccccc3)c(F)c2)ccn1. The molecular formula is C20H15FN3O5-. The maximum Gasteiger partial charge on any atom is 0.412 e. The van der Waals surface area contributed by atoms with Gasteiger partial charge in [0.1, 0.15) is 30.0 Å². The topological polar surface area (TPSA) is 113 Å². The molecule has 0 radical (unpaired) electrons. The Morgan fingerprint density at radius 1 is 1.00 bits per heavy atom. The first-order valence-corrected chi connectivity index (χ1v) is 8.39. The minimum atomic E-state index is -1.52. The molecular weight excluding hydrogens is 381 g/mol. The lowest BCUT2D eigenvalue weighted by atomic mass is 10.2. The number of benzene rings is 2. The summed E-state index contributed by atoms with van der Waals surface area (Å²) in [6, 6.07) is 15.7. The van der Waals surface area contributed by atoms with Crippen molar-refractivity contribution in [2.45, 2.75) is 6.61 Å². The fourth-order valence-electron chi connectivity index (χ4n) is 2.31. The number of rotatable bonds is 6. The highest BCUT2D eigenvalue weighted by molar-refractivity contribution is 5.84. The Bertz CT molecular complexity index is 1010. The van der Waals surface area contributed by atoms with Crippen LogP contribution in [0.15, 0.2) is 66.9 Å². The Balaban J connectivity index is 1.60. The van der Waals surface area contributed by atoms with Crippen molar-refractivity contribution in [3.8, 4) is 11.5 Å². The lowest BCUT2D eigenvalue weighted by molar-refractivity contribution is -0.242. The molecule has 1 heterocycles. The van der Waals surface area contributed by atoms with E-state index < -0.39 is 18.0 Å². The smallest absolute Gasteiger partial charge is 0.412 e. The van der Waals surface area contributed by atoms with Gasteiger partial charge in [-0.1, -0.05) is 30.3 Å². The van der Waals surface area contributed by atoms with Gasteiger partial charge in [0.2, 0.25) is 0 Å². The van der Waals surface area contributed by atoms with Gasteiger partial charge in [0.05, 0.1) is 5.69 Å². The number of hydrogen-bond acceptors (Lipinski definition) is 6. The summed E-state index contributed by atoms with van der Waals surface area (Å²) in [6.07, 6.45) is -1.00. The third kappa shape index (κ3) is 5.93. The summed E-state index contributed by atoms with van der Waals surface area (Å²) in [7, 11) is 0. The first-order chi connectivity index (χ1) is 14.0. The molecule has 2 amide bonds. The number of aromatic nitrogens is 1. The second kappa shape index (κ2) is 9.18. The number of hydrogen-bond donors (Lipinski definition) is 2. The Labute approximate surface area is 164 Å². The van der Waals surface area contributed by atoms with Crippen molar-refractivity contribution in [1.82, 2.24) is 4.98 Å². The van der Waals surface area contributed by atoms with Gasteiger partial charge in [0.25, 0.3) is 0 Å². The van der Waals surface area contributed by atoms with E-state index >= 15 is 0 Å². The quantitative estimate of drug-likeness (QED) is 0.659. The highest BCUT2D eigenvalue weighted by Crippen LogP contribution is 2.26. The van der Waals surface area contributed by atoms with Gasteiger partial charge in [-0.05, 0) is 23.8 Å². The Hall–Kier alpha value is -4.14. The highest BCUT2D eigenvalue weighted by atomic mass is 19.1. The number of carboxylic acid groups (broad SMARTS) is 1. The van der Waals surface area contributed by atoms with Crippen LogP contribution >= 0.6 is 0 Å². The number of halogens is 1. The van der Waals surface area contributed by atoms with Gasteiger partial charge in [-0.3, -0.25) is 5.32 Å². The van der Waals surface area contributed by atoms with Gasteiger partial charge >= 0.3 is 6.09 Å². The maximum absolute atomic E-state index is 14.3. The molecule has 1 aromatic heterocycles. The lowest BCUT2D eigenvalue weighted by Gasteiger charge is -2.11. The number of carbonyl (C=O) groups is 2. The summed E-state index contributed by atoms with van der Waals surface area (Å²) in [5.74, 6) is -0.369. The molecule has 8 nitrogen and oxygen atoms in total. The van der Waals surface area contributed by atoms with E-state index in [1.165, 1.54) is 30.5 Å². The highest BCUT2D eigenvalue weighted by Gasteiger charge is 2.10. The van der Waals surface area contributed by atoms with Crippen molar-refractivity contribution in [3.63, 3.8) is 0 Å². The molecule has 3 aromatic rings. The van der Waals surface area contributed by atoms with Gasteiger partial charge in [0.15, 0.2) is 5.82 Å². The monoisotopic (exact) mass is 396 g/mol. The van der Waals surface area contributed by atoms with E-state index in [2.05, 4.69) is 10.3 Å². The third-order valence-electron chi connectivity index (χ3n) is 3.59. The molecule has 2 N–H and O–H groups in total. The Morgan fingerprint density at radius 2 is 1.76 bits per heavy atom. The molecule has 29 heavy (non-hydrogen) atoms. The molecule has 0 spiro atoms. The van der Waals surface area contributed by atoms with E-state index in [9.17, 15) is 19.1 Å². The number of anilines is 2. The average molecular weight is 396 g/mol. The lowest BCUT2D eigenvalue weighted by Crippen LogP contribution is -2.29. The van der Waals surface area contributed by atoms with Crippen molar-refractivity contribution in [3.05, 3.63) is 78.2 Å². The van der Waals surface area contributed by atoms with E-state index in [0.717, 1.165) is 11.6 Å².